The third-order valence-electron chi connectivity index (χ3n) is 10.5. The van der Waals surface area contributed by atoms with Crippen molar-refractivity contribution >= 4 is 29.1 Å². The number of hydrogen-bond donors (Lipinski definition) is 3. The zero-order chi connectivity index (χ0) is 33.8. The number of aliphatic hydroxyl groups is 1. The number of hydrogen-bond acceptors (Lipinski definition) is 8. The number of β-amino-alcohol motifs (C(OH)–C–C–N with tert-alkyl or cyclic N) is 1. The number of nitrogens with zero attached hydrogens (tertiary/aromatic N) is 3. The van der Waals surface area contributed by atoms with E-state index in [2.05, 4.69) is 27.7 Å². The Hall–Kier alpha value is -3.73. The molecular formula is C38H39Cl2N5O4. The Morgan fingerprint density at radius 2 is 1.41 bits per heavy atom. The highest BCUT2D eigenvalue weighted by Gasteiger charge is 2.38. The van der Waals surface area contributed by atoms with Crippen molar-refractivity contribution in [2.45, 2.75) is 62.8 Å². The number of likely N-dealkylation sites (tertiary alicyclic amines) is 1. The van der Waals surface area contributed by atoms with Gasteiger partial charge >= 0.3 is 0 Å². The molecule has 2 aromatic carbocycles. The number of halogens is 2. The van der Waals surface area contributed by atoms with Gasteiger partial charge in [-0.3, -0.25) is 9.69 Å². The molecule has 4 heterocycles. The second-order valence-electron chi connectivity index (χ2n) is 13.5. The van der Waals surface area contributed by atoms with Gasteiger partial charge in [-0.15, -0.1) is 0 Å². The molecule has 0 spiro atoms. The number of methoxy groups -OCH3 is 2. The van der Waals surface area contributed by atoms with E-state index in [1.807, 2.05) is 36.4 Å². The fourth-order valence-electron chi connectivity index (χ4n) is 8.08. The summed E-state index contributed by atoms with van der Waals surface area (Å²) in [4.78, 5) is 23.9. The van der Waals surface area contributed by atoms with E-state index < -0.39 is 0 Å². The molecule has 11 heteroatoms. The van der Waals surface area contributed by atoms with Gasteiger partial charge in [-0.2, -0.15) is 0 Å². The number of rotatable bonds is 9. The van der Waals surface area contributed by atoms with E-state index in [4.69, 9.17) is 42.6 Å². The van der Waals surface area contributed by atoms with Gasteiger partial charge in [-0.1, -0.05) is 59.6 Å². The van der Waals surface area contributed by atoms with Crippen molar-refractivity contribution in [2.24, 2.45) is 0 Å². The van der Waals surface area contributed by atoms with E-state index in [1.165, 1.54) is 11.1 Å². The first kappa shape index (κ1) is 32.5. The van der Waals surface area contributed by atoms with Gasteiger partial charge in [0.05, 0.1) is 41.8 Å². The van der Waals surface area contributed by atoms with Crippen LogP contribution in [0.4, 0.5) is 0 Å². The molecule has 2 aromatic heterocycles. The number of aryl methyl sites for hydroxylation is 2. The number of pyridine rings is 2. The highest BCUT2D eigenvalue weighted by Crippen LogP contribution is 2.47. The van der Waals surface area contributed by atoms with Crippen molar-refractivity contribution in [3.8, 4) is 45.4 Å². The maximum Gasteiger partial charge on any atom is 0.220 e. The summed E-state index contributed by atoms with van der Waals surface area (Å²) in [5.74, 6) is 1.31. The van der Waals surface area contributed by atoms with Gasteiger partial charge in [0.2, 0.25) is 17.7 Å². The minimum absolute atomic E-state index is 0.105. The van der Waals surface area contributed by atoms with Crippen LogP contribution in [0.5, 0.6) is 11.8 Å². The lowest BCUT2D eigenvalue weighted by Gasteiger charge is -2.40. The maximum atomic E-state index is 11.7. The molecule has 3 N–H and O–H groups in total. The number of carbonyl (C=O) groups excluding carboxylic acids is 1. The van der Waals surface area contributed by atoms with E-state index in [1.54, 1.807) is 14.2 Å². The lowest BCUT2D eigenvalue weighted by Crippen LogP contribution is -2.51. The molecule has 4 aliphatic rings. The first-order chi connectivity index (χ1) is 23.8. The standard InChI is InChI=1S/C38H39Cl2N5O4/c1-48-37-33-20(9-12-28(33)41-17-22-11-14-32(47)42-22)15-29(43-37)26-7-3-5-24(35(26)39)25-6-4-8-27(36(25)40)30-16-21-10-13-31(45-18-23(46)19-45)34(21)38(44-30)49-2/h3-8,15-16,22-23,28,31,41,46H,9-14,17-19H2,1-2H3,(H,42,47)/t22-,28+,31+/m0/s1. The van der Waals surface area contributed by atoms with Crippen LogP contribution in [0.3, 0.4) is 0 Å². The minimum Gasteiger partial charge on any atom is -0.481 e. The zero-order valence-corrected chi connectivity index (χ0v) is 29.1. The number of amides is 1. The summed E-state index contributed by atoms with van der Waals surface area (Å²) in [5, 5.41) is 17.7. The Balaban J connectivity index is 1.10. The van der Waals surface area contributed by atoms with Crippen molar-refractivity contribution < 1.29 is 19.4 Å². The average molecular weight is 701 g/mol. The smallest absolute Gasteiger partial charge is 0.220 e. The number of aliphatic hydroxyl groups excluding tert-OH is 1. The van der Waals surface area contributed by atoms with Gasteiger partial charge in [0.1, 0.15) is 0 Å². The van der Waals surface area contributed by atoms with Crippen molar-refractivity contribution in [1.82, 2.24) is 25.5 Å². The third-order valence-corrected chi connectivity index (χ3v) is 11.4. The molecule has 0 bridgehead atoms. The van der Waals surface area contributed by atoms with Crippen molar-refractivity contribution in [3.63, 3.8) is 0 Å². The van der Waals surface area contributed by atoms with E-state index >= 15 is 0 Å². The Bertz CT molecular complexity index is 1950. The Kier molecular flexibility index (Phi) is 8.74. The maximum absolute atomic E-state index is 11.7. The third kappa shape index (κ3) is 5.85. The second-order valence-corrected chi connectivity index (χ2v) is 14.2. The summed E-state index contributed by atoms with van der Waals surface area (Å²) < 4.78 is 11.7. The van der Waals surface area contributed by atoms with Crippen LogP contribution in [0.2, 0.25) is 10.0 Å². The number of benzene rings is 2. The molecule has 0 unspecified atom stereocenters. The molecule has 0 radical (unpaired) electrons. The number of ether oxygens (including phenoxy) is 2. The van der Waals surface area contributed by atoms with Gasteiger partial charge in [0.15, 0.2) is 0 Å². The topological polar surface area (TPSA) is 109 Å². The van der Waals surface area contributed by atoms with Crippen molar-refractivity contribution in [1.29, 1.82) is 0 Å². The Morgan fingerprint density at radius 3 is 1.98 bits per heavy atom. The number of aromatic nitrogens is 2. The first-order valence-electron chi connectivity index (χ1n) is 17.0. The van der Waals surface area contributed by atoms with Crippen LogP contribution in [0.25, 0.3) is 33.6 Å². The summed E-state index contributed by atoms with van der Waals surface area (Å²) in [6.45, 7) is 2.07. The van der Waals surface area contributed by atoms with E-state index in [0.717, 1.165) is 76.9 Å². The second kappa shape index (κ2) is 13.2. The molecule has 4 aromatic rings. The molecule has 3 atom stereocenters. The van der Waals surface area contributed by atoms with Gasteiger partial charge < -0.3 is 25.2 Å². The lowest BCUT2D eigenvalue weighted by atomic mass is 9.97. The number of carbonyl (C=O) groups is 1. The summed E-state index contributed by atoms with van der Waals surface area (Å²) in [6, 6.07) is 16.6. The summed E-state index contributed by atoms with van der Waals surface area (Å²) in [7, 11) is 3.31. The van der Waals surface area contributed by atoms with E-state index in [9.17, 15) is 9.90 Å². The average Bonchev–Trinajstić information content (AvgIpc) is 3.83. The Labute approximate surface area is 296 Å². The van der Waals surface area contributed by atoms with Crippen molar-refractivity contribution in [3.05, 3.63) is 80.8 Å². The highest BCUT2D eigenvalue weighted by molar-refractivity contribution is 6.39. The molecule has 8 rings (SSSR count). The van der Waals surface area contributed by atoms with Crippen LogP contribution in [-0.4, -0.2) is 71.9 Å². The van der Waals surface area contributed by atoms with Crippen LogP contribution < -0.4 is 20.1 Å². The quantitative estimate of drug-likeness (QED) is 0.186. The van der Waals surface area contributed by atoms with Crippen molar-refractivity contribution in [2.75, 3.05) is 33.9 Å². The molecule has 2 fully saturated rings. The normalized spacial score (nSPS) is 21.7. The molecule has 2 aliphatic carbocycles. The largest absolute Gasteiger partial charge is 0.481 e. The van der Waals surface area contributed by atoms with Gasteiger partial charge in [0, 0.05) is 77.6 Å². The molecular weight excluding hydrogens is 661 g/mol. The van der Waals surface area contributed by atoms with E-state index in [0.29, 0.717) is 47.9 Å². The number of nitrogens with one attached hydrogen (secondary N) is 2. The summed E-state index contributed by atoms with van der Waals surface area (Å²) in [6.07, 6.45) is 4.88. The van der Waals surface area contributed by atoms with Crippen LogP contribution in [0.1, 0.15) is 60.0 Å². The molecule has 254 valence electrons. The zero-order valence-electron chi connectivity index (χ0n) is 27.6. The summed E-state index contributed by atoms with van der Waals surface area (Å²) >= 11 is 14.4. The number of fused-ring (bicyclic) bond motifs is 2. The SMILES string of the molecule is COc1nc(-c2cccc(-c3cccc(-c4cc5c(c(OC)n4)[C@H](NC[C@@H]4CCC(=O)N4)CC5)c3Cl)c2Cl)cc2c1[C@H](N1CC(O)C1)CC2. The lowest BCUT2D eigenvalue weighted by molar-refractivity contribution is -0.119. The summed E-state index contributed by atoms with van der Waals surface area (Å²) in [5.41, 5.74) is 9.27. The predicted octanol–water partition coefficient (Wildman–Crippen LogP) is 6.32. The molecule has 2 aliphatic heterocycles. The predicted molar refractivity (Wildman–Crippen MR) is 190 cm³/mol. The molecule has 1 amide bonds. The molecule has 49 heavy (non-hydrogen) atoms. The highest BCUT2D eigenvalue weighted by atomic mass is 35.5. The van der Waals surface area contributed by atoms with Crippen LogP contribution >= 0.6 is 23.2 Å². The minimum atomic E-state index is -0.261. The monoisotopic (exact) mass is 699 g/mol. The van der Waals surface area contributed by atoms with Gasteiger partial charge in [0.25, 0.3) is 0 Å². The molecule has 9 nitrogen and oxygen atoms in total. The fourth-order valence-corrected chi connectivity index (χ4v) is 8.73. The Morgan fingerprint density at radius 1 is 0.837 bits per heavy atom. The molecule has 2 saturated heterocycles. The van der Waals surface area contributed by atoms with Crippen LogP contribution in [0.15, 0.2) is 48.5 Å². The van der Waals surface area contributed by atoms with E-state index in [-0.39, 0.29) is 30.1 Å². The van der Waals surface area contributed by atoms with Gasteiger partial charge in [-0.25, -0.2) is 9.97 Å². The van der Waals surface area contributed by atoms with Crippen LogP contribution in [0, 0.1) is 0 Å². The first-order valence-corrected chi connectivity index (χ1v) is 17.8. The van der Waals surface area contributed by atoms with Crippen LogP contribution in [-0.2, 0) is 17.6 Å². The molecule has 0 saturated carbocycles. The fraction of sp³-hybridized carbons (Fsp3) is 0.395. The van der Waals surface area contributed by atoms with Gasteiger partial charge in [-0.05, 0) is 55.4 Å².